The molecule has 2 aromatic rings. The second kappa shape index (κ2) is 6.30. The molecule has 0 aliphatic rings. The predicted molar refractivity (Wildman–Crippen MR) is 81.2 cm³/mol. The Morgan fingerprint density at radius 2 is 2.24 bits per heavy atom. The number of rotatable bonds is 5. The van der Waals surface area contributed by atoms with Gasteiger partial charge in [-0.05, 0) is 25.5 Å². The highest BCUT2D eigenvalue weighted by Crippen LogP contribution is 2.27. The van der Waals surface area contributed by atoms with Crippen LogP contribution in [0, 0.1) is 6.92 Å². The zero-order chi connectivity index (χ0) is 15.4. The van der Waals surface area contributed by atoms with Gasteiger partial charge in [0.05, 0.1) is 17.9 Å². The van der Waals surface area contributed by atoms with Crippen LogP contribution < -0.4 is 10.6 Å². The van der Waals surface area contributed by atoms with Crippen LogP contribution in [0.25, 0.3) is 0 Å². The SMILES string of the molecule is CNC(=O)Cn1cc(NC(C)c2ccc(C)cc2O)cn1. The number of anilines is 1. The summed E-state index contributed by atoms with van der Waals surface area (Å²) in [6.45, 7) is 4.08. The first-order valence-electron chi connectivity index (χ1n) is 6.78. The van der Waals surface area contributed by atoms with E-state index in [0.29, 0.717) is 0 Å². The lowest BCUT2D eigenvalue weighted by Crippen LogP contribution is -2.23. The number of nitrogens with one attached hydrogen (secondary N) is 2. The van der Waals surface area contributed by atoms with Crippen LogP contribution in [0.3, 0.4) is 0 Å². The minimum Gasteiger partial charge on any atom is -0.508 e. The molecular formula is C15H20N4O2. The Bertz CT molecular complexity index is 636. The fraction of sp³-hybridized carbons (Fsp3) is 0.333. The lowest BCUT2D eigenvalue weighted by atomic mass is 10.1. The van der Waals surface area contributed by atoms with Gasteiger partial charge < -0.3 is 15.7 Å². The summed E-state index contributed by atoms with van der Waals surface area (Å²) in [7, 11) is 1.59. The summed E-state index contributed by atoms with van der Waals surface area (Å²) in [6.07, 6.45) is 3.42. The van der Waals surface area contributed by atoms with Crippen molar-refractivity contribution in [2.24, 2.45) is 0 Å². The van der Waals surface area contributed by atoms with E-state index in [1.807, 2.05) is 26.0 Å². The Balaban J connectivity index is 2.05. The number of nitrogens with zero attached hydrogens (tertiary/aromatic N) is 2. The molecule has 6 nitrogen and oxygen atoms in total. The number of amides is 1. The summed E-state index contributed by atoms with van der Waals surface area (Å²) in [5.74, 6) is 0.168. The maximum absolute atomic E-state index is 11.3. The van der Waals surface area contributed by atoms with E-state index in [9.17, 15) is 9.90 Å². The standard InChI is InChI=1S/C15H20N4O2/c1-10-4-5-13(14(20)6-10)11(2)18-12-7-17-19(8-12)9-15(21)16-3/h4-8,11,18,20H,9H2,1-3H3,(H,16,21). The summed E-state index contributed by atoms with van der Waals surface area (Å²) in [6, 6.07) is 5.53. The molecule has 0 saturated carbocycles. The highest BCUT2D eigenvalue weighted by Gasteiger charge is 2.11. The molecule has 1 aromatic carbocycles. The predicted octanol–water partition coefficient (Wildman–Crippen LogP) is 1.82. The van der Waals surface area contributed by atoms with Crippen LogP contribution >= 0.6 is 0 Å². The Hall–Kier alpha value is -2.50. The zero-order valence-corrected chi connectivity index (χ0v) is 12.4. The maximum atomic E-state index is 11.3. The van der Waals surface area contributed by atoms with Crippen molar-refractivity contribution in [1.29, 1.82) is 0 Å². The summed E-state index contributed by atoms with van der Waals surface area (Å²) < 4.78 is 1.56. The Kier molecular flexibility index (Phi) is 4.47. The minimum absolute atomic E-state index is 0.0664. The molecular weight excluding hydrogens is 268 g/mol. The van der Waals surface area contributed by atoms with E-state index in [1.165, 1.54) is 0 Å². The summed E-state index contributed by atoms with van der Waals surface area (Å²) >= 11 is 0. The summed E-state index contributed by atoms with van der Waals surface area (Å²) in [4.78, 5) is 11.3. The van der Waals surface area contributed by atoms with E-state index in [2.05, 4.69) is 15.7 Å². The third-order valence-corrected chi connectivity index (χ3v) is 3.25. The van der Waals surface area contributed by atoms with E-state index in [4.69, 9.17) is 0 Å². The average molecular weight is 288 g/mol. The number of hydrogen-bond donors (Lipinski definition) is 3. The largest absolute Gasteiger partial charge is 0.508 e. The number of carbonyl (C=O) groups excluding carboxylic acids is 1. The number of aromatic nitrogens is 2. The van der Waals surface area contributed by atoms with Gasteiger partial charge in [0.15, 0.2) is 0 Å². The number of aryl methyl sites for hydroxylation is 1. The maximum Gasteiger partial charge on any atom is 0.241 e. The van der Waals surface area contributed by atoms with Crippen LogP contribution in [-0.4, -0.2) is 27.8 Å². The van der Waals surface area contributed by atoms with Gasteiger partial charge in [-0.15, -0.1) is 0 Å². The van der Waals surface area contributed by atoms with E-state index in [0.717, 1.165) is 16.8 Å². The molecule has 1 atom stereocenters. The number of likely N-dealkylation sites (N-methyl/N-ethyl adjacent to an activating group) is 1. The Labute approximate surface area is 123 Å². The summed E-state index contributed by atoms with van der Waals surface area (Å²) in [5, 5.41) is 19.9. The smallest absolute Gasteiger partial charge is 0.241 e. The Morgan fingerprint density at radius 1 is 1.48 bits per heavy atom. The molecule has 1 amide bonds. The quantitative estimate of drug-likeness (QED) is 0.784. The van der Waals surface area contributed by atoms with E-state index < -0.39 is 0 Å². The third-order valence-electron chi connectivity index (χ3n) is 3.25. The minimum atomic E-state index is -0.103. The molecule has 0 saturated heterocycles. The van der Waals surface area contributed by atoms with Crippen molar-refractivity contribution in [1.82, 2.24) is 15.1 Å². The molecule has 21 heavy (non-hydrogen) atoms. The van der Waals surface area contributed by atoms with Crippen molar-refractivity contribution in [3.8, 4) is 5.75 Å². The highest BCUT2D eigenvalue weighted by atomic mass is 16.3. The van der Waals surface area contributed by atoms with Crippen LogP contribution in [0.5, 0.6) is 5.75 Å². The van der Waals surface area contributed by atoms with E-state index in [1.54, 1.807) is 30.2 Å². The molecule has 2 rings (SSSR count). The zero-order valence-electron chi connectivity index (χ0n) is 12.4. The molecule has 0 bridgehead atoms. The van der Waals surface area contributed by atoms with Crippen molar-refractivity contribution in [3.05, 3.63) is 41.7 Å². The number of phenolic OH excluding ortho intramolecular Hbond substituents is 1. The van der Waals surface area contributed by atoms with E-state index >= 15 is 0 Å². The second-order valence-corrected chi connectivity index (χ2v) is 5.03. The molecule has 1 heterocycles. The van der Waals surface area contributed by atoms with Crippen molar-refractivity contribution >= 4 is 11.6 Å². The van der Waals surface area contributed by atoms with Gasteiger partial charge in [-0.25, -0.2) is 0 Å². The Morgan fingerprint density at radius 3 is 2.90 bits per heavy atom. The lowest BCUT2D eigenvalue weighted by Gasteiger charge is -2.15. The molecule has 0 fully saturated rings. The summed E-state index contributed by atoms with van der Waals surface area (Å²) in [5.41, 5.74) is 2.63. The van der Waals surface area contributed by atoms with E-state index in [-0.39, 0.29) is 24.2 Å². The second-order valence-electron chi connectivity index (χ2n) is 5.03. The van der Waals surface area contributed by atoms with Gasteiger partial charge in [-0.1, -0.05) is 12.1 Å². The molecule has 0 radical (unpaired) electrons. The highest BCUT2D eigenvalue weighted by molar-refractivity contribution is 5.75. The monoisotopic (exact) mass is 288 g/mol. The molecule has 1 unspecified atom stereocenters. The molecule has 0 spiro atoms. The number of carbonyl (C=O) groups is 1. The third kappa shape index (κ3) is 3.75. The number of phenols is 1. The normalized spacial score (nSPS) is 12.0. The van der Waals surface area contributed by atoms with Crippen molar-refractivity contribution in [3.63, 3.8) is 0 Å². The van der Waals surface area contributed by atoms with Crippen LogP contribution in [0.1, 0.15) is 24.1 Å². The van der Waals surface area contributed by atoms with Crippen molar-refractivity contribution in [2.75, 3.05) is 12.4 Å². The van der Waals surface area contributed by atoms with Crippen LogP contribution in [-0.2, 0) is 11.3 Å². The van der Waals surface area contributed by atoms with Crippen LogP contribution in [0.15, 0.2) is 30.6 Å². The van der Waals surface area contributed by atoms with Gasteiger partial charge in [-0.3, -0.25) is 9.48 Å². The van der Waals surface area contributed by atoms with Gasteiger partial charge in [0.25, 0.3) is 0 Å². The van der Waals surface area contributed by atoms with Gasteiger partial charge in [0.2, 0.25) is 5.91 Å². The fourth-order valence-corrected chi connectivity index (χ4v) is 2.10. The van der Waals surface area contributed by atoms with Gasteiger partial charge in [-0.2, -0.15) is 5.10 Å². The molecule has 1 aromatic heterocycles. The first-order valence-corrected chi connectivity index (χ1v) is 6.78. The van der Waals surface area contributed by atoms with Gasteiger partial charge in [0, 0.05) is 18.8 Å². The molecule has 3 N–H and O–H groups in total. The van der Waals surface area contributed by atoms with Gasteiger partial charge in [0.1, 0.15) is 12.3 Å². The van der Waals surface area contributed by atoms with Crippen molar-refractivity contribution < 1.29 is 9.90 Å². The van der Waals surface area contributed by atoms with Crippen LogP contribution in [0.4, 0.5) is 5.69 Å². The first kappa shape index (κ1) is 14.9. The number of aromatic hydroxyl groups is 1. The molecule has 112 valence electrons. The molecule has 6 heteroatoms. The molecule has 0 aliphatic heterocycles. The number of hydrogen-bond acceptors (Lipinski definition) is 4. The van der Waals surface area contributed by atoms with Crippen molar-refractivity contribution in [2.45, 2.75) is 26.4 Å². The first-order chi connectivity index (χ1) is 9.99. The lowest BCUT2D eigenvalue weighted by molar-refractivity contribution is -0.121. The van der Waals surface area contributed by atoms with Gasteiger partial charge >= 0.3 is 0 Å². The average Bonchev–Trinajstić information content (AvgIpc) is 2.85. The fourth-order valence-electron chi connectivity index (χ4n) is 2.10. The topological polar surface area (TPSA) is 79.2 Å². The molecule has 0 aliphatic carbocycles. The number of benzene rings is 1. The van der Waals surface area contributed by atoms with Crippen LogP contribution in [0.2, 0.25) is 0 Å².